The molecule has 8 heteroatoms. The maximum Gasteiger partial charge on any atom is 0.226 e. The molecule has 4 atom stereocenters. The number of hydrogen-bond donors (Lipinski definition) is 1. The predicted octanol–water partition coefficient (Wildman–Crippen LogP) is -0.304. The Labute approximate surface area is 166 Å². The summed E-state index contributed by atoms with van der Waals surface area (Å²) in [6.07, 6.45) is 2.83. The number of aliphatic hydroxyl groups excluding tert-OH is 1. The summed E-state index contributed by atoms with van der Waals surface area (Å²) in [5, 5.41) is 10.1. The number of ether oxygens (including phenoxy) is 2. The van der Waals surface area contributed by atoms with Crippen LogP contribution in [0.25, 0.3) is 0 Å². The Hall–Kier alpha value is -1.22. The van der Waals surface area contributed by atoms with E-state index in [1.54, 1.807) is 0 Å². The number of nitrogens with zero attached hydrogens (tertiary/aromatic N) is 3. The summed E-state index contributed by atoms with van der Waals surface area (Å²) < 4.78 is 11.9. The van der Waals surface area contributed by atoms with Crippen LogP contribution in [0.15, 0.2) is 0 Å². The van der Waals surface area contributed by atoms with Gasteiger partial charge in [0.25, 0.3) is 0 Å². The maximum atomic E-state index is 12.8. The third-order valence-electron chi connectivity index (χ3n) is 6.45. The lowest BCUT2D eigenvalue weighted by atomic mass is 9.94. The molecular formula is C20H33N3O5. The molecule has 2 amide bonds. The van der Waals surface area contributed by atoms with Gasteiger partial charge in [-0.1, -0.05) is 0 Å². The highest BCUT2D eigenvalue weighted by atomic mass is 16.5. The highest BCUT2D eigenvalue weighted by molar-refractivity contribution is 5.81. The van der Waals surface area contributed by atoms with Gasteiger partial charge < -0.3 is 29.3 Å². The van der Waals surface area contributed by atoms with Gasteiger partial charge in [-0.25, -0.2) is 0 Å². The van der Waals surface area contributed by atoms with Gasteiger partial charge in [0.1, 0.15) is 6.10 Å². The first-order valence-electron chi connectivity index (χ1n) is 10.7. The van der Waals surface area contributed by atoms with Crippen molar-refractivity contribution >= 4 is 11.8 Å². The van der Waals surface area contributed by atoms with Crippen molar-refractivity contribution in [2.75, 3.05) is 53.0 Å². The van der Waals surface area contributed by atoms with Crippen LogP contribution in [-0.4, -0.2) is 109 Å². The number of fused-ring (bicyclic) bond motifs is 1. The van der Waals surface area contributed by atoms with Crippen molar-refractivity contribution in [3.05, 3.63) is 0 Å². The Balaban J connectivity index is 1.36. The SMILES string of the molecule is CN1CCN(C(=O)C[C@H]2CC[C@H]3[C@@H](COC[C@H](O)CN3C(=O)C3CC3)O2)CC1. The Kier molecular flexibility index (Phi) is 6.20. The second kappa shape index (κ2) is 8.65. The minimum atomic E-state index is -0.653. The lowest BCUT2D eigenvalue weighted by Crippen LogP contribution is -2.58. The molecule has 28 heavy (non-hydrogen) atoms. The minimum absolute atomic E-state index is 0.0713. The minimum Gasteiger partial charge on any atom is -0.389 e. The van der Waals surface area contributed by atoms with Gasteiger partial charge >= 0.3 is 0 Å². The fourth-order valence-electron chi connectivity index (χ4n) is 4.54. The smallest absolute Gasteiger partial charge is 0.226 e. The zero-order valence-electron chi connectivity index (χ0n) is 16.8. The van der Waals surface area contributed by atoms with E-state index in [2.05, 4.69) is 11.9 Å². The summed E-state index contributed by atoms with van der Waals surface area (Å²) in [7, 11) is 2.08. The van der Waals surface area contributed by atoms with E-state index in [-0.39, 0.29) is 42.6 Å². The molecule has 1 aliphatic carbocycles. The molecule has 0 unspecified atom stereocenters. The van der Waals surface area contributed by atoms with Crippen molar-refractivity contribution in [3.63, 3.8) is 0 Å². The molecular weight excluding hydrogens is 362 g/mol. The number of rotatable bonds is 3. The topological polar surface area (TPSA) is 82.6 Å². The maximum absolute atomic E-state index is 12.8. The van der Waals surface area contributed by atoms with Crippen molar-refractivity contribution < 1.29 is 24.2 Å². The number of carbonyl (C=O) groups excluding carboxylic acids is 2. The number of hydrogen-bond acceptors (Lipinski definition) is 6. The number of carbonyl (C=O) groups is 2. The zero-order chi connectivity index (χ0) is 19.7. The van der Waals surface area contributed by atoms with Gasteiger partial charge in [-0.3, -0.25) is 9.59 Å². The molecule has 4 fully saturated rings. The van der Waals surface area contributed by atoms with Crippen LogP contribution in [0, 0.1) is 5.92 Å². The van der Waals surface area contributed by atoms with Gasteiger partial charge in [-0.15, -0.1) is 0 Å². The van der Waals surface area contributed by atoms with Crippen LogP contribution in [-0.2, 0) is 19.1 Å². The van der Waals surface area contributed by atoms with Crippen LogP contribution in [0.1, 0.15) is 32.1 Å². The van der Waals surface area contributed by atoms with E-state index in [0.29, 0.717) is 19.6 Å². The van der Waals surface area contributed by atoms with Crippen molar-refractivity contribution in [1.82, 2.24) is 14.7 Å². The molecule has 0 aromatic carbocycles. The fraction of sp³-hybridized carbons (Fsp3) is 0.900. The summed E-state index contributed by atoms with van der Waals surface area (Å²) in [5.41, 5.74) is 0. The van der Waals surface area contributed by atoms with Crippen LogP contribution < -0.4 is 0 Å². The molecule has 8 nitrogen and oxygen atoms in total. The molecule has 1 saturated carbocycles. The Bertz CT molecular complexity index is 576. The quantitative estimate of drug-likeness (QED) is 0.706. The van der Waals surface area contributed by atoms with E-state index >= 15 is 0 Å². The second-order valence-electron chi connectivity index (χ2n) is 8.79. The summed E-state index contributed by atoms with van der Waals surface area (Å²) >= 11 is 0. The lowest BCUT2D eigenvalue weighted by Gasteiger charge is -2.45. The van der Waals surface area contributed by atoms with Crippen molar-refractivity contribution in [2.24, 2.45) is 5.92 Å². The first kappa shape index (κ1) is 20.1. The number of β-amino-alcohol motifs (C(OH)–C–C–N with tert-alkyl or cyclic N) is 1. The van der Waals surface area contributed by atoms with Gasteiger partial charge in [0.15, 0.2) is 0 Å². The number of aliphatic hydroxyl groups is 1. The second-order valence-corrected chi connectivity index (χ2v) is 8.79. The normalized spacial score (nSPS) is 35.1. The third-order valence-corrected chi connectivity index (χ3v) is 6.45. The highest BCUT2D eigenvalue weighted by Gasteiger charge is 2.43. The molecule has 0 spiro atoms. The molecule has 4 rings (SSSR count). The molecule has 0 bridgehead atoms. The van der Waals surface area contributed by atoms with Crippen LogP contribution >= 0.6 is 0 Å². The van der Waals surface area contributed by atoms with Crippen molar-refractivity contribution in [2.45, 2.75) is 56.5 Å². The first-order chi connectivity index (χ1) is 13.5. The Morgan fingerprint density at radius 1 is 1.04 bits per heavy atom. The monoisotopic (exact) mass is 395 g/mol. The van der Waals surface area contributed by atoms with Gasteiger partial charge in [0.05, 0.1) is 37.9 Å². The third kappa shape index (κ3) is 4.67. The van der Waals surface area contributed by atoms with Crippen molar-refractivity contribution in [1.29, 1.82) is 0 Å². The number of piperazine rings is 1. The molecule has 0 aromatic rings. The molecule has 4 aliphatic rings. The zero-order valence-corrected chi connectivity index (χ0v) is 16.8. The fourth-order valence-corrected chi connectivity index (χ4v) is 4.54. The van der Waals surface area contributed by atoms with Crippen LogP contribution in [0.3, 0.4) is 0 Å². The van der Waals surface area contributed by atoms with E-state index in [9.17, 15) is 14.7 Å². The van der Waals surface area contributed by atoms with Gasteiger partial charge in [-0.2, -0.15) is 0 Å². The molecule has 3 saturated heterocycles. The van der Waals surface area contributed by atoms with E-state index in [1.807, 2.05) is 9.80 Å². The van der Waals surface area contributed by atoms with Crippen LogP contribution in [0.4, 0.5) is 0 Å². The molecule has 0 aromatic heterocycles. The highest BCUT2D eigenvalue weighted by Crippen LogP contribution is 2.35. The van der Waals surface area contributed by atoms with E-state index in [4.69, 9.17) is 9.47 Å². The van der Waals surface area contributed by atoms with Crippen LogP contribution in [0.5, 0.6) is 0 Å². The summed E-state index contributed by atoms with van der Waals surface area (Å²) in [6, 6.07) is -0.0713. The van der Waals surface area contributed by atoms with E-state index in [1.165, 1.54) is 0 Å². The van der Waals surface area contributed by atoms with Gasteiger partial charge in [0, 0.05) is 38.6 Å². The molecule has 3 heterocycles. The summed E-state index contributed by atoms with van der Waals surface area (Å²) in [6.45, 7) is 4.26. The lowest BCUT2D eigenvalue weighted by molar-refractivity contribution is -0.171. The Morgan fingerprint density at radius 3 is 2.50 bits per heavy atom. The van der Waals surface area contributed by atoms with E-state index < -0.39 is 6.10 Å². The number of likely N-dealkylation sites (N-methyl/N-ethyl adjacent to an activating group) is 1. The molecule has 158 valence electrons. The Morgan fingerprint density at radius 2 is 1.79 bits per heavy atom. The average molecular weight is 396 g/mol. The van der Waals surface area contributed by atoms with Gasteiger partial charge in [-0.05, 0) is 32.7 Å². The average Bonchev–Trinajstić information content (AvgIpc) is 3.50. The standard InChI is InChI=1S/C20H33N3O5/c1-21-6-8-22(9-7-21)19(25)10-16-4-5-17-18(28-16)13-27-12-15(24)11-23(17)20(26)14-2-3-14/h14-18,24H,2-13H2,1H3/t15-,16-,17+,18-/m1/s1. The largest absolute Gasteiger partial charge is 0.389 e. The van der Waals surface area contributed by atoms with Crippen LogP contribution in [0.2, 0.25) is 0 Å². The number of amides is 2. The summed E-state index contributed by atoms with van der Waals surface area (Å²) in [5.74, 6) is 0.417. The van der Waals surface area contributed by atoms with E-state index in [0.717, 1.165) is 51.9 Å². The molecule has 0 radical (unpaired) electrons. The van der Waals surface area contributed by atoms with Crippen molar-refractivity contribution in [3.8, 4) is 0 Å². The molecule has 3 aliphatic heterocycles. The van der Waals surface area contributed by atoms with Gasteiger partial charge in [0.2, 0.25) is 11.8 Å². The predicted molar refractivity (Wildman–Crippen MR) is 102 cm³/mol. The first-order valence-corrected chi connectivity index (χ1v) is 10.7. The summed E-state index contributed by atoms with van der Waals surface area (Å²) in [4.78, 5) is 31.4. The molecule has 1 N–H and O–H groups in total.